The second kappa shape index (κ2) is 7.87. The molecule has 0 bridgehead atoms. The van der Waals surface area contributed by atoms with Gasteiger partial charge in [-0.2, -0.15) is 0 Å². The average Bonchev–Trinajstić information content (AvgIpc) is 2.61. The molecule has 0 heterocycles. The summed E-state index contributed by atoms with van der Waals surface area (Å²) in [6.45, 7) is 2.03. The number of aldehydes is 1. The number of amides is 1. The molecule has 24 heavy (non-hydrogen) atoms. The standard InChI is InChI=1S/C17H16N2O5/c1-2-18(14-6-4-3-5-7-14)17(21)12-24-16-9-8-15(19(22)23)10-13(16)11-20/h3-11H,2,12H2,1H3. The highest BCUT2D eigenvalue weighted by atomic mass is 16.6. The number of nitrogens with zero attached hydrogens (tertiary/aromatic N) is 2. The molecule has 0 aliphatic carbocycles. The van der Waals surface area contributed by atoms with Crippen LogP contribution in [0.2, 0.25) is 0 Å². The van der Waals surface area contributed by atoms with Crippen LogP contribution in [0.15, 0.2) is 48.5 Å². The smallest absolute Gasteiger partial charge is 0.270 e. The first kappa shape index (κ1) is 17.1. The number of anilines is 1. The van der Waals surface area contributed by atoms with Crippen molar-refractivity contribution in [1.29, 1.82) is 0 Å². The van der Waals surface area contributed by atoms with Gasteiger partial charge in [0.1, 0.15) is 5.75 Å². The van der Waals surface area contributed by atoms with Crippen LogP contribution in [0.4, 0.5) is 11.4 Å². The summed E-state index contributed by atoms with van der Waals surface area (Å²) in [7, 11) is 0. The Morgan fingerprint density at radius 1 is 1.25 bits per heavy atom. The second-order valence-corrected chi connectivity index (χ2v) is 4.86. The molecule has 0 unspecified atom stereocenters. The summed E-state index contributed by atoms with van der Waals surface area (Å²) in [4.78, 5) is 35.1. The molecule has 0 aliphatic heterocycles. The fourth-order valence-electron chi connectivity index (χ4n) is 2.20. The Labute approximate surface area is 138 Å². The van der Waals surface area contributed by atoms with E-state index in [2.05, 4.69) is 0 Å². The lowest BCUT2D eigenvalue weighted by Crippen LogP contribution is -2.34. The molecule has 0 aromatic heterocycles. The summed E-state index contributed by atoms with van der Waals surface area (Å²) < 4.78 is 5.38. The number of likely N-dealkylation sites (N-methyl/N-ethyl adjacent to an activating group) is 1. The van der Waals surface area contributed by atoms with Gasteiger partial charge in [0.2, 0.25) is 0 Å². The summed E-state index contributed by atoms with van der Waals surface area (Å²) in [5.41, 5.74) is 0.558. The highest BCUT2D eigenvalue weighted by molar-refractivity contribution is 5.94. The van der Waals surface area contributed by atoms with Gasteiger partial charge >= 0.3 is 0 Å². The van der Waals surface area contributed by atoms with Gasteiger partial charge in [0.05, 0.1) is 10.5 Å². The zero-order valence-corrected chi connectivity index (χ0v) is 13.0. The molecule has 0 saturated heterocycles. The van der Waals surface area contributed by atoms with E-state index in [9.17, 15) is 19.7 Å². The first-order valence-corrected chi connectivity index (χ1v) is 7.28. The Kier molecular flexibility index (Phi) is 5.62. The highest BCUT2D eigenvalue weighted by Gasteiger charge is 2.16. The van der Waals surface area contributed by atoms with Crippen molar-refractivity contribution in [3.63, 3.8) is 0 Å². The SMILES string of the molecule is CCN(C(=O)COc1ccc([N+](=O)[O-])cc1C=O)c1ccccc1. The van der Waals surface area contributed by atoms with Crippen molar-refractivity contribution in [2.75, 3.05) is 18.1 Å². The number of para-hydroxylation sites is 1. The first-order valence-electron chi connectivity index (χ1n) is 7.28. The number of carbonyl (C=O) groups is 2. The maximum Gasteiger partial charge on any atom is 0.270 e. The molecule has 0 saturated carbocycles. The normalized spacial score (nSPS) is 10.0. The first-order chi connectivity index (χ1) is 11.6. The summed E-state index contributed by atoms with van der Waals surface area (Å²) in [6, 6.07) is 12.8. The topological polar surface area (TPSA) is 89.8 Å². The third-order valence-electron chi connectivity index (χ3n) is 3.37. The van der Waals surface area contributed by atoms with Gasteiger partial charge in [-0.1, -0.05) is 18.2 Å². The van der Waals surface area contributed by atoms with Crippen molar-refractivity contribution in [2.45, 2.75) is 6.92 Å². The molecule has 0 atom stereocenters. The Morgan fingerprint density at radius 2 is 1.96 bits per heavy atom. The number of ether oxygens (including phenoxy) is 1. The number of carbonyl (C=O) groups excluding carboxylic acids is 2. The van der Waals surface area contributed by atoms with Crippen LogP contribution in [0.5, 0.6) is 5.75 Å². The van der Waals surface area contributed by atoms with Crippen molar-refractivity contribution < 1.29 is 19.2 Å². The Hall–Kier alpha value is -3.22. The van der Waals surface area contributed by atoms with Crippen molar-refractivity contribution in [1.82, 2.24) is 0 Å². The highest BCUT2D eigenvalue weighted by Crippen LogP contribution is 2.23. The summed E-state index contributed by atoms with van der Waals surface area (Å²) >= 11 is 0. The Bertz CT molecular complexity index is 746. The molecule has 0 aliphatic rings. The lowest BCUT2D eigenvalue weighted by molar-refractivity contribution is -0.384. The zero-order chi connectivity index (χ0) is 17.5. The van der Waals surface area contributed by atoms with E-state index in [1.54, 1.807) is 4.90 Å². The number of nitro groups is 1. The van der Waals surface area contributed by atoms with Gasteiger partial charge in [-0.15, -0.1) is 0 Å². The summed E-state index contributed by atoms with van der Waals surface area (Å²) in [5.74, 6) is -0.146. The molecule has 7 nitrogen and oxygen atoms in total. The van der Waals surface area contributed by atoms with Crippen LogP contribution in [-0.4, -0.2) is 30.3 Å². The molecule has 0 radical (unpaired) electrons. The number of non-ortho nitro benzene ring substituents is 1. The predicted molar refractivity (Wildman–Crippen MR) is 88.4 cm³/mol. The van der Waals surface area contributed by atoms with Gasteiger partial charge in [-0.25, -0.2) is 0 Å². The molecule has 2 aromatic carbocycles. The van der Waals surface area contributed by atoms with E-state index >= 15 is 0 Å². The predicted octanol–water partition coefficient (Wildman–Crippen LogP) is 2.84. The van der Waals surface area contributed by atoms with E-state index < -0.39 is 4.92 Å². The summed E-state index contributed by atoms with van der Waals surface area (Å²) in [5, 5.41) is 10.7. The van der Waals surface area contributed by atoms with Crippen LogP contribution in [0.3, 0.4) is 0 Å². The Balaban J connectivity index is 2.11. The minimum atomic E-state index is -0.601. The molecular formula is C17H16N2O5. The maximum atomic E-state index is 12.3. The zero-order valence-electron chi connectivity index (χ0n) is 13.0. The fourth-order valence-corrected chi connectivity index (χ4v) is 2.20. The average molecular weight is 328 g/mol. The molecule has 2 rings (SSSR count). The van der Waals surface area contributed by atoms with E-state index in [0.29, 0.717) is 12.8 Å². The van der Waals surface area contributed by atoms with Gasteiger partial charge in [0.15, 0.2) is 12.9 Å². The maximum absolute atomic E-state index is 12.3. The molecule has 124 valence electrons. The second-order valence-electron chi connectivity index (χ2n) is 4.86. The van der Waals surface area contributed by atoms with Crippen molar-refractivity contribution in [3.05, 3.63) is 64.2 Å². The monoisotopic (exact) mass is 328 g/mol. The van der Waals surface area contributed by atoms with Gasteiger partial charge in [-0.3, -0.25) is 19.7 Å². The molecule has 2 aromatic rings. The quantitative estimate of drug-likeness (QED) is 0.443. The van der Waals surface area contributed by atoms with E-state index in [0.717, 1.165) is 11.8 Å². The minimum Gasteiger partial charge on any atom is -0.483 e. The third kappa shape index (κ3) is 3.95. The van der Waals surface area contributed by atoms with Gasteiger partial charge in [0, 0.05) is 24.4 Å². The third-order valence-corrected chi connectivity index (χ3v) is 3.37. The Morgan fingerprint density at radius 3 is 2.54 bits per heavy atom. The van der Waals surface area contributed by atoms with Crippen LogP contribution in [0.1, 0.15) is 17.3 Å². The van der Waals surface area contributed by atoms with Crippen molar-refractivity contribution in [3.8, 4) is 5.75 Å². The van der Waals surface area contributed by atoms with E-state index in [4.69, 9.17) is 4.74 Å². The number of rotatable bonds is 7. The van der Waals surface area contributed by atoms with E-state index in [1.807, 2.05) is 37.3 Å². The molecular weight excluding hydrogens is 312 g/mol. The van der Waals surface area contributed by atoms with Crippen LogP contribution in [0, 0.1) is 10.1 Å². The van der Waals surface area contributed by atoms with Crippen LogP contribution in [-0.2, 0) is 4.79 Å². The molecule has 7 heteroatoms. The number of nitro benzene ring substituents is 1. The lowest BCUT2D eigenvalue weighted by atomic mass is 10.2. The van der Waals surface area contributed by atoms with Crippen LogP contribution < -0.4 is 9.64 Å². The van der Waals surface area contributed by atoms with E-state index in [1.165, 1.54) is 12.1 Å². The van der Waals surface area contributed by atoms with Gasteiger partial charge in [0.25, 0.3) is 11.6 Å². The lowest BCUT2D eigenvalue weighted by Gasteiger charge is -2.21. The van der Waals surface area contributed by atoms with Crippen LogP contribution in [0.25, 0.3) is 0 Å². The van der Waals surface area contributed by atoms with Gasteiger partial charge in [-0.05, 0) is 25.1 Å². The minimum absolute atomic E-state index is 0.0276. The molecule has 1 amide bonds. The number of hydrogen-bond acceptors (Lipinski definition) is 5. The number of benzene rings is 2. The van der Waals surface area contributed by atoms with E-state index in [-0.39, 0.29) is 29.5 Å². The number of hydrogen-bond donors (Lipinski definition) is 0. The van der Waals surface area contributed by atoms with Gasteiger partial charge < -0.3 is 9.64 Å². The van der Waals surface area contributed by atoms with Crippen LogP contribution >= 0.6 is 0 Å². The van der Waals surface area contributed by atoms with Crippen molar-refractivity contribution >= 4 is 23.6 Å². The largest absolute Gasteiger partial charge is 0.483 e. The molecule has 0 fully saturated rings. The summed E-state index contributed by atoms with van der Waals surface area (Å²) in [6.07, 6.45) is 0.460. The fraction of sp³-hybridized carbons (Fsp3) is 0.176. The molecule has 0 spiro atoms. The molecule has 0 N–H and O–H groups in total. The van der Waals surface area contributed by atoms with Crippen molar-refractivity contribution in [2.24, 2.45) is 0 Å².